The molecule has 96 valence electrons. The summed E-state index contributed by atoms with van der Waals surface area (Å²) >= 11 is 5.21. The van der Waals surface area contributed by atoms with Crippen molar-refractivity contribution in [1.82, 2.24) is 10.3 Å². The highest BCUT2D eigenvalue weighted by Crippen LogP contribution is 2.32. The van der Waals surface area contributed by atoms with Crippen molar-refractivity contribution < 1.29 is 0 Å². The number of aromatic nitrogens is 1. The number of nitrogens with zero attached hydrogens (tertiary/aromatic N) is 1. The monoisotopic (exact) mass is 324 g/mol. The van der Waals surface area contributed by atoms with Crippen LogP contribution >= 0.6 is 27.3 Å². The SMILES string of the molecule is CNC(C)(C)c1csc(-c2cc(Br)ccc2C)n1. The summed E-state index contributed by atoms with van der Waals surface area (Å²) in [6.45, 7) is 6.39. The maximum Gasteiger partial charge on any atom is 0.123 e. The van der Waals surface area contributed by atoms with E-state index in [0.717, 1.165) is 15.2 Å². The van der Waals surface area contributed by atoms with E-state index >= 15 is 0 Å². The maximum absolute atomic E-state index is 4.76. The second-order valence-corrected chi connectivity index (χ2v) is 6.65. The Labute approximate surface area is 121 Å². The molecule has 0 aliphatic heterocycles. The molecule has 4 heteroatoms. The maximum atomic E-state index is 4.76. The van der Waals surface area contributed by atoms with Crippen LogP contribution in [0.4, 0.5) is 0 Å². The molecule has 1 heterocycles. The normalized spacial score (nSPS) is 11.8. The molecule has 0 radical (unpaired) electrons. The number of nitrogens with one attached hydrogen (secondary N) is 1. The van der Waals surface area contributed by atoms with Crippen LogP contribution in [-0.4, -0.2) is 12.0 Å². The van der Waals surface area contributed by atoms with Gasteiger partial charge in [-0.05, 0) is 45.5 Å². The molecule has 0 amide bonds. The summed E-state index contributed by atoms with van der Waals surface area (Å²) in [6, 6.07) is 6.30. The van der Waals surface area contributed by atoms with Gasteiger partial charge in [-0.1, -0.05) is 22.0 Å². The zero-order valence-corrected chi connectivity index (χ0v) is 13.4. The van der Waals surface area contributed by atoms with Crippen molar-refractivity contribution in [3.8, 4) is 10.6 Å². The molecule has 18 heavy (non-hydrogen) atoms. The Morgan fingerprint density at radius 3 is 2.72 bits per heavy atom. The summed E-state index contributed by atoms with van der Waals surface area (Å²) in [7, 11) is 1.96. The first kappa shape index (κ1) is 13.7. The van der Waals surface area contributed by atoms with E-state index in [1.165, 1.54) is 11.1 Å². The van der Waals surface area contributed by atoms with Crippen LogP contribution in [0.15, 0.2) is 28.1 Å². The number of hydrogen-bond donors (Lipinski definition) is 1. The molecule has 0 saturated carbocycles. The van der Waals surface area contributed by atoms with Gasteiger partial charge in [0, 0.05) is 15.4 Å². The predicted molar refractivity (Wildman–Crippen MR) is 82.1 cm³/mol. The second kappa shape index (κ2) is 5.11. The first-order valence-corrected chi connectivity index (χ1v) is 7.53. The van der Waals surface area contributed by atoms with Gasteiger partial charge in [0.25, 0.3) is 0 Å². The summed E-state index contributed by atoms with van der Waals surface area (Å²) in [5.41, 5.74) is 3.45. The van der Waals surface area contributed by atoms with Crippen molar-refractivity contribution >= 4 is 27.3 Å². The van der Waals surface area contributed by atoms with E-state index in [1.54, 1.807) is 11.3 Å². The van der Waals surface area contributed by atoms with Gasteiger partial charge in [0.2, 0.25) is 0 Å². The molecule has 0 aliphatic carbocycles. The van der Waals surface area contributed by atoms with Gasteiger partial charge in [-0.15, -0.1) is 11.3 Å². The van der Waals surface area contributed by atoms with Crippen LogP contribution in [-0.2, 0) is 5.54 Å². The quantitative estimate of drug-likeness (QED) is 0.908. The molecule has 0 fully saturated rings. The van der Waals surface area contributed by atoms with Crippen LogP contribution in [0.5, 0.6) is 0 Å². The zero-order valence-electron chi connectivity index (χ0n) is 11.0. The minimum atomic E-state index is -0.0886. The number of hydrogen-bond acceptors (Lipinski definition) is 3. The summed E-state index contributed by atoms with van der Waals surface area (Å²) < 4.78 is 1.09. The van der Waals surface area contributed by atoms with E-state index < -0.39 is 0 Å². The van der Waals surface area contributed by atoms with Crippen molar-refractivity contribution in [1.29, 1.82) is 0 Å². The average Bonchev–Trinajstić information content (AvgIpc) is 2.82. The molecule has 1 aromatic carbocycles. The fraction of sp³-hybridized carbons (Fsp3) is 0.357. The van der Waals surface area contributed by atoms with Crippen molar-refractivity contribution in [2.45, 2.75) is 26.3 Å². The molecule has 0 unspecified atom stereocenters. The van der Waals surface area contributed by atoms with Crippen molar-refractivity contribution in [3.05, 3.63) is 39.3 Å². The molecule has 1 aromatic heterocycles. The molecule has 2 nitrogen and oxygen atoms in total. The van der Waals surface area contributed by atoms with Crippen LogP contribution in [0.1, 0.15) is 25.1 Å². The molecule has 0 spiro atoms. The highest BCUT2D eigenvalue weighted by molar-refractivity contribution is 9.10. The van der Waals surface area contributed by atoms with Crippen LogP contribution in [0.2, 0.25) is 0 Å². The molecule has 0 saturated heterocycles. The lowest BCUT2D eigenvalue weighted by Gasteiger charge is -2.21. The second-order valence-electron chi connectivity index (χ2n) is 4.87. The Balaban J connectivity index is 2.44. The summed E-state index contributed by atoms with van der Waals surface area (Å²) in [4.78, 5) is 4.76. The highest BCUT2D eigenvalue weighted by Gasteiger charge is 2.21. The number of benzene rings is 1. The van der Waals surface area contributed by atoms with Crippen molar-refractivity contribution in [3.63, 3.8) is 0 Å². The lowest BCUT2D eigenvalue weighted by Crippen LogP contribution is -2.33. The van der Waals surface area contributed by atoms with Crippen LogP contribution in [0.25, 0.3) is 10.6 Å². The van der Waals surface area contributed by atoms with E-state index in [9.17, 15) is 0 Å². The summed E-state index contributed by atoms with van der Waals surface area (Å²) in [5.74, 6) is 0. The third-order valence-electron chi connectivity index (χ3n) is 3.20. The van der Waals surface area contributed by atoms with Gasteiger partial charge in [0.05, 0.1) is 11.2 Å². The average molecular weight is 325 g/mol. The fourth-order valence-corrected chi connectivity index (χ4v) is 3.07. The van der Waals surface area contributed by atoms with Gasteiger partial charge in [-0.3, -0.25) is 0 Å². The molecule has 0 atom stereocenters. The van der Waals surface area contributed by atoms with Gasteiger partial charge in [0.15, 0.2) is 0 Å². The van der Waals surface area contributed by atoms with E-state index in [-0.39, 0.29) is 5.54 Å². The molecule has 2 rings (SSSR count). The van der Waals surface area contributed by atoms with Gasteiger partial charge in [-0.25, -0.2) is 4.98 Å². The number of thiazole rings is 1. The molecular formula is C14H17BrN2S. The first-order valence-electron chi connectivity index (χ1n) is 5.85. The third-order valence-corrected chi connectivity index (χ3v) is 4.57. The van der Waals surface area contributed by atoms with Crippen molar-refractivity contribution in [2.75, 3.05) is 7.05 Å². The minimum absolute atomic E-state index is 0.0886. The fourth-order valence-electron chi connectivity index (χ4n) is 1.64. The Morgan fingerprint density at radius 1 is 1.33 bits per heavy atom. The zero-order chi connectivity index (χ0) is 13.3. The van der Waals surface area contributed by atoms with Crippen LogP contribution in [0, 0.1) is 6.92 Å². The van der Waals surface area contributed by atoms with Gasteiger partial charge >= 0.3 is 0 Å². The summed E-state index contributed by atoms with van der Waals surface area (Å²) in [6.07, 6.45) is 0. The molecule has 2 aromatic rings. The number of halogens is 1. The highest BCUT2D eigenvalue weighted by atomic mass is 79.9. The molecular weight excluding hydrogens is 308 g/mol. The van der Waals surface area contributed by atoms with Gasteiger partial charge < -0.3 is 5.32 Å². The van der Waals surface area contributed by atoms with E-state index in [0.29, 0.717) is 0 Å². The smallest absolute Gasteiger partial charge is 0.123 e. The summed E-state index contributed by atoms with van der Waals surface area (Å²) in [5, 5.41) is 6.49. The predicted octanol–water partition coefficient (Wildman–Crippen LogP) is 4.34. The van der Waals surface area contributed by atoms with E-state index in [2.05, 4.69) is 65.6 Å². The Kier molecular flexibility index (Phi) is 3.90. The topological polar surface area (TPSA) is 24.9 Å². The molecule has 0 aliphatic rings. The number of rotatable bonds is 3. The minimum Gasteiger partial charge on any atom is -0.310 e. The Morgan fingerprint density at radius 2 is 2.06 bits per heavy atom. The molecule has 0 bridgehead atoms. The van der Waals surface area contributed by atoms with E-state index in [1.807, 2.05) is 7.05 Å². The Hall–Kier alpha value is -0.710. The Bertz CT molecular complexity index is 561. The molecule has 1 N–H and O–H groups in total. The lowest BCUT2D eigenvalue weighted by molar-refractivity contribution is 0.434. The standard InChI is InChI=1S/C14H17BrN2S/c1-9-5-6-10(15)7-11(9)13-17-12(8-18-13)14(2,3)16-4/h5-8,16H,1-4H3. The van der Waals surface area contributed by atoms with Crippen LogP contribution in [0.3, 0.4) is 0 Å². The van der Waals surface area contributed by atoms with Gasteiger partial charge in [0.1, 0.15) is 5.01 Å². The van der Waals surface area contributed by atoms with E-state index in [4.69, 9.17) is 4.98 Å². The first-order chi connectivity index (χ1) is 8.44. The van der Waals surface area contributed by atoms with Gasteiger partial charge in [-0.2, -0.15) is 0 Å². The largest absolute Gasteiger partial charge is 0.310 e. The third kappa shape index (κ3) is 2.66. The number of aryl methyl sites for hydroxylation is 1. The van der Waals surface area contributed by atoms with Crippen LogP contribution < -0.4 is 5.32 Å². The van der Waals surface area contributed by atoms with Crippen molar-refractivity contribution in [2.24, 2.45) is 0 Å². The lowest BCUT2D eigenvalue weighted by atomic mass is 10.0.